The van der Waals surface area contributed by atoms with Gasteiger partial charge in [0, 0.05) is 12.3 Å². The van der Waals surface area contributed by atoms with E-state index >= 15 is 0 Å². The standard InChI is InChI=1S/C13H14N2/c14-10-12(11-6-2-1-3-7-11)13-8-4-5-9-15-13/h1-3,6-7,12H,4-5,8-9H2. The SMILES string of the molecule is N#CC(C1=NCCCC1)c1ccccc1. The third-order valence-electron chi connectivity index (χ3n) is 2.75. The van der Waals surface area contributed by atoms with Crippen LogP contribution in [-0.2, 0) is 0 Å². The summed E-state index contributed by atoms with van der Waals surface area (Å²) in [4.78, 5) is 4.47. The second-order valence-corrected chi connectivity index (χ2v) is 3.80. The summed E-state index contributed by atoms with van der Waals surface area (Å²) < 4.78 is 0. The Hall–Kier alpha value is -1.62. The first-order valence-electron chi connectivity index (χ1n) is 5.39. The van der Waals surface area contributed by atoms with E-state index in [9.17, 15) is 5.26 Å². The second-order valence-electron chi connectivity index (χ2n) is 3.80. The molecule has 0 saturated heterocycles. The Balaban J connectivity index is 2.25. The highest BCUT2D eigenvalue weighted by Crippen LogP contribution is 2.22. The molecule has 1 unspecified atom stereocenters. The highest BCUT2D eigenvalue weighted by Gasteiger charge is 2.18. The fraction of sp³-hybridized carbons (Fsp3) is 0.385. The van der Waals surface area contributed by atoms with Gasteiger partial charge in [-0.2, -0.15) is 5.26 Å². The number of aliphatic imine (C=N–C) groups is 1. The van der Waals surface area contributed by atoms with Crippen LogP contribution in [0.15, 0.2) is 35.3 Å². The van der Waals surface area contributed by atoms with E-state index in [0.717, 1.165) is 30.7 Å². The van der Waals surface area contributed by atoms with Crippen molar-refractivity contribution in [2.75, 3.05) is 6.54 Å². The van der Waals surface area contributed by atoms with Gasteiger partial charge in [-0.1, -0.05) is 30.3 Å². The average Bonchev–Trinajstić information content (AvgIpc) is 2.33. The summed E-state index contributed by atoms with van der Waals surface area (Å²) in [6, 6.07) is 12.3. The molecule has 15 heavy (non-hydrogen) atoms. The number of benzene rings is 1. The minimum atomic E-state index is -0.133. The number of hydrogen-bond acceptors (Lipinski definition) is 2. The van der Waals surface area contributed by atoms with Crippen molar-refractivity contribution in [1.29, 1.82) is 5.26 Å². The van der Waals surface area contributed by atoms with Crippen LogP contribution in [0.4, 0.5) is 0 Å². The van der Waals surface area contributed by atoms with E-state index in [-0.39, 0.29) is 5.92 Å². The highest BCUT2D eigenvalue weighted by molar-refractivity contribution is 5.93. The van der Waals surface area contributed by atoms with E-state index in [4.69, 9.17) is 0 Å². The summed E-state index contributed by atoms with van der Waals surface area (Å²) in [7, 11) is 0. The molecule has 76 valence electrons. The number of nitrogens with zero attached hydrogens (tertiary/aromatic N) is 2. The normalized spacial score (nSPS) is 17.7. The van der Waals surface area contributed by atoms with Crippen LogP contribution >= 0.6 is 0 Å². The molecule has 1 aromatic rings. The van der Waals surface area contributed by atoms with Crippen molar-refractivity contribution in [2.45, 2.75) is 25.2 Å². The van der Waals surface area contributed by atoms with Gasteiger partial charge in [0.15, 0.2) is 0 Å². The molecular formula is C13H14N2. The second kappa shape index (κ2) is 4.75. The molecule has 1 aromatic carbocycles. The maximum atomic E-state index is 9.20. The van der Waals surface area contributed by atoms with Crippen molar-refractivity contribution in [3.63, 3.8) is 0 Å². The molecule has 0 spiro atoms. The lowest BCUT2D eigenvalue weighted by atomic mass is 9.91. The Morgan fingerprint density at radius 3 is 2.60 bits per heavy atom. The van der Waals surface area contributed by atoms with Crippen LogP contribution in [0.3, 0.4) is 0 Å². The van der Waals surface area contributed by atoms with Crippen molar-refractivity contribution in [1.82, 2.24) is 0 Å². The molecule has 1 atom stereocenters. The molecule has 0 bridgehead atoms. The number of hydrogen-bond donors (Lipinski definition) is 0. The van der Waals surface area contributed by atoms with E-state index in [2.05, 4.69) is 11.1 Å². The molecule has 1 aliphatic rings. The molecule has 2 rings (SSSR count). The molecule has 0 N–H and O–H groups in total. The van der Waals surface area contributed by atoms with Crippen LogP contribution in [0.1, 0.15) is 30.7 Å². The first kappa shape index (κ1) is 9.92. The lowest BCUT2D eigenvalue weighted by Gasteiger charge is -2.16. The first-order valence-corrected chi connectivity index (χ1v) is 5.39. The van der Waals surface area contributed by atoms with Gasteiger partial charge < -0.3 is 0 Å². The molecule has 2 nitrogen and oxygen atoms in total. The van der Waals surface area contributed by atoms with Gasteiger partial charge in [-0.25, -0.2) is 0 Å². The minimum Gasteiger partial charge on any atom is -0.292 e. The maximum Gasteiger partial charge on any atom is 0.109 e. The Morgan fingerprint density at radius 2 is 2.00 bits per heavy atom. The molecule has 0 saturated carbocycles. The van der Waals surface area contributed by atoms with Crippen LogP contribution in [0.5, 0.6) is 0 Å². The van der Waals surface area contributed by atoms with Gasteiger partial charge in [-0.05, 0) is 24.8 Å². The fourth-order valence-electron chi connectivity index (χ4n) is 1.94. The van der Waals surface area contributed by atoms with Crippen molar-refractivity contribution < 1.29 is 0 Å². The third-order valence-corrected chi connectivity index (χ3v) is 2.75. The van der Waals surface area contributed by atoms with Gasteiger partial charge >= 0.3 is 0 Å². The summed E-state index contributed by atoms with van der Waals surface area (Å²) in [5.41, 5.74) is 2.13. The van der Waals surface area contributed by atoms with E-state index in [1.165, 1.54) is 6.42 Å². The lowest BCUT2D eigenvalue weighted by Crippen LogP contribution is -2.15. The Bertz CT molecular complexity index is 387. The fourth-order valence-corrected chi connectivity index (χ4v) is 1.94. The van der Waals surface area contributed by atoms with Crippen molar-refractivity contribution >= 4 is 5.71 Å². The molecule has 1 aliphatic heterocycles. The van der Waals surface area contributed by atoms with Crippen molar-refractivity contribution in [3.05, 3.63) is 35.9 Å². The quantitative estimate of drug-likeness (QED) is 0.719. The third kappa shape index (κ3) is 2.24. The van der Waals surface area contributed by atoms with Gasteiger partial charge in [-0.15, -0.1) is 0 Å². The van der Waals surface area contributed by atoms with E-state index in [0.29, 0.717) is 0 Å². The van der Waals surface area contributed by atoms with E-state index in [1.54, 1.807) is 0 Å². The van der Waals surface area contributed by atoms with Crippen LogP contribution in [0.25, 0.3) is 0 Å². The van der Waals surface area contributed by atoms with Crippen LogP contribution in [0, 0.1) is 11.3 Å². The van der Waals surface area contributed by atoms with Crippen LogP contribution in [0.2, 0.25) is 0 Å². The molecular weight excluding hydrogens is 184 g/mol. The monoisotopic (exact) mass is 198 g/mol. The van der Waals surface area contributed by atoms with Crippen molar-refractivity contribution in [3.8, 4) is 6.07 Å². The summed E-state index contributed by atoms with van der Waals surface area (Å²) in [5, 5.41) is 9.20. The zero-order valence-electron chi connectivity index (χ0n) is 8.69. The zero-order valence-corrected chi connectivity index (χ0v) is 8.69. The highest BCUT2D eigenvalue weighted by atomic mass is 14.8. The lowest BCUT2D eigenvalue weighted by molar-refractivity contribution is 0.724. The van der Waals surface area contributed by atoms with Crippen LogP contribution in [-0.4, -0.2) is 12.3 Å². The average molecular weight is 198 g/mol. The summed E-state index contributed by atoms with van der Waals surface area (Å²) >= 11 is 0. The van der Waals surface area contributed by atoms with Gasteiger partial charge in [0.2, 0.25) is 0 Å². The number of nitriles is 1. The topological polar surface area (TPSA) is 36.1 Å². The largest absolute Gasteiger partial charge is 0.292 e. The predicted octanol–water partition coefficient (Wildman–Crippen LogP) is 2.92. The molecule has 0 amide bonds. The van der Waals surface area contributed by atoms with Gasteiger partial charge in [0.1, 0.15) is 5.92 Å². The molecule has 0 radical (unpaired) electrons. The summed E-state index contributed by atoms with van der Waals surface area (Å²) in [6.07, 6.45) is 3.31. The Morgan fingerprint density at radius 1 is 1.20 bits per heavy atom. The maximum absolute atomic E-state index is 9.20. The zero-order chi connectivity index (χ0) is 10.5. The molecule has 0 aliphatic carbocycles. The molecule has 2 heteroatoms. The van der Waals surface area contributed by atoms with Gasteiger partial charge in [0.25, 0.3) is 0 Å². The first-order chi connectivity index (χ1) is 7.42. The van der Waals surface area contributed by atoms with Crippen LogP contribution < -0.4 is 0 Å². The molecule has 0 aromatic heterocycles. The Labute approximate surface area is 90.3 Å². The molecule has 1 heterocycles. The van der Waals surface area contributed by atoms with Crippen molar-refractivity contribution in [2.24, 2.45) is 4.99 Å². The Kier molecular flexibility index (Phi) is 3.14. The smallest absolute Gasteiger partial charge is 0.109 e. The number of rotatable bonds is 2. The van der Waals surface area contributed by atoms with Gasteiger partial charge in [0.05, 0.1) is 6.07 Å². The predicted molar refractivity (Wildman–Crippen MR) is 60.9 cm³/mol. The van der Waals surface area contributed by atoms with Gasteiger partial charge in [-0.3, -0.25) is 4.99 Å². The summed E-state index contributed by atoms with van der Waals surface area (Å²) in [6.45, 7) is 0.889. The summed E-state index contributed by atoms with van der Waals surface area (Å²) in [5.74, 6) is -0.133. The van der Waals surface area contributed by atoms with E-state index < -0.39 is 0 Å². The minimum absolute atomic E-state index is 0.133. The molecule has 0 fully saturated rings. The van der Waals surface area contributed by atoms with E-state index in [1.807, 2.05) is 30.3 Å².